The van der Waals surface area contributed by atoms with Crippen LogP contribution >= 0.6 is 0 Å². The molecule has 0 fully saturated rings. The van der Waals surface area contributed by atoms with Gasteiger partial charge < -0.3 is 10.1 Å². The molecule has 168 valence electrons. The molecule has 0 aliphatic carbocycles. The standard InChI is InChI=1S/C24H32N2O4S/c1-7-17-8-10-18(11-9-17)16(2)25-23(27)22-15-26(31(6,28)29)20-14-19(24(3,4)5)12-13-21(20)30-22/h8-14,16,22H,7,15H2,1-6H3,(H,25,27)/t16-,22+/m1/s1. The minimum Gasteiger partial charge on any atom is -0.476 e. The molecular formula is C24H32N2O4S. The highest BCUT2D eigenvalue weighted by Crippen LogP contribution is 2.38. The first-order valence-electron chi connectivity index (χ1n) is 10.6. The van der Waals surface area contributed by atoms with Crippen LogP contribution in [-0.4, -0.2) is 33.2 Å². The number of carbonyl (C=O) groups is 1. The molecular weight excluding hydrogens is 412 g/mol. The molecule has 1 aliphatic rings. The lowest BCUT2D eigenvalue weighted by atomic mass is 9.86. The van der Waals surface area contributed by atoms with Gasteiger partial charge in [-0.25, -0.2) is 8.42 Å². The summed E-state index contributed by atoms with van der Waals surface area (Å²) in [6.07, 6.45) is 1.17. The topological polar surface area (TPSA) is 75.7 Å². The van der Waals surface area contributed by atoms with Gasteiger partial charge in [0.1, 0.15) is 5.75 Å². The molecule has 7 heteroatoms. The minimum absolute atomic E-state index is 0.0627. The number of ether oxygens (including phenoxy) is 1. The van der Waals surface area contributed by atoms with Crippen molar-refractivity contribution in [1.82, 2.24) is 5.32 Å². The van der Waals surface area contributed by atoms with E-state index in [9.17, 15) is 13.2 Å². The van der Waals surface area contributed by atoms with Crippen LogP contribution in [0.2, 0.25) is 0 Å². The van der Waals surface area contributed by atoms with Crippen LogP contribution in [0.4, 0.5) is 5.69 Å². The van der Waals surface area contributed by atoms with Gasteiger partial charge in [0.05, 0.1) is 24.5 Å². The second-order valence-corrected chi connectivity index (χ2v) is 11.1. The Labute approximate surface area is 185 Å². The summed E-state index contributed by atoms with van der Waals surface area (Å²) in [6, 6.07) is 13.4. The van der Waals surface area contributed by atoms with Gasteiger partial charge >= 0.3 is 0 Å². The van der Waals surface area contributed by atoms with Crippen LogP contribution in [0.5, 0.6) is 5.75 Å². The molecule has 3 rings (SSSR count). The first kappa shape index (κ1) is 23.1. The molecule has 0 saturated carbocycles. The number of aryl methyl sites for hydroxylation is 1. The summed E-state index contributed by atoms with van der Waals surface area (Å²) in [7, 11) is -3.58. The summed E-state index contributed by atoms with van der Waals surface area (Å²) in [6.45, 7) is 10.1. The summed E-state index contributed by atoms with van der Waals surface area (Å²) >= 11 is 0. The number of nitrogens with zero attached hydrogens (tertiary/aromatic N) is 1. The molecule has 1 amide bonds. The maximum Gasteiger partial charge on any atom is 0.263 e. The van der Waals surface area contributed by atoms with Gasteiger partial charge in [-0.05, 0) is 47.6 Å². The van der Waals surface area contributed by atoms with Crippen LogP contribution in [0.15, 0.2) is 42.5 Å². The molecule has 31 heavy (non-hydrogen) atoms. The van der Waals surface area contributed by atoms with E-state index in [4.69, 9.17) is 4.74 Å². The fourth-order valence-electron chi connectivity index (χ4n) is 3.60. The monoisotopic (exact) mass is 444 g/mol. The predicted molar refractivity (Wildman–Crippen MR) is 124 cm³/mol. The van der Waals surface area contributed by atoms with Crippen LogP contribution < -0.4 is 14.4 Å². The maximum absolute atomic E-state index is 13.0. The van der Waals surface area contributed by atoms with Gasteiger partial charge in [-0.15, -0.1) is 0 Å². The predicted octanol–water partition coefficient (Wildman–Crippen LogP) is 3.95. The van der Waals surface area contributed by atoms with Crippen LogP contribution in [0.25, 0.3) is 0 Å². The van der Waals surface area contributed by atoms with Crippen molar-refractivity contribution in [2.24, 2.45) is 0 Å². The number of fused-ring (bicyclic) bond motifs is 1. The largest absolute Gasteiger partial charge is 0.476 e. The van der Waals surface area contributed by atoms with E-state index in [1.807, 2.05) is 43.3 Å². The normalized spacial score (nSPS) is 17.5. The zero-order valence-electron chi connectivity index (χ0n) is 19.1. The summed E-state index contributed by atoms with van der Waals surface area (Å²) in [5, 5.41) is 2.96. The molecule has 2 atom stereocenters. The summed E-state index contributed by atoms with van der Waals surface area (Å²) in [4.78, 5) is 13.0. The van der Waals surface area contributed by atoms with Gasteiger partial charge in [-0.3, -0.25) is 9.10 Å². The van der Waals surface area contributed by atoms with Crippen LogP contribution in [-0.2, 0) is 26.7 Å². The average Bonchev–Trinajstić information content (AvgIpc) is 2.71. The Balaban J connectivity index is 1.84. The third-order valence-corrected chi connectivity index (χ3v) is 6.78. The smallest absolute Gasteiger partial charge is 0.263 e. The molecule has 1 heterocycles. The second kappa shape index (κ2) is 8.54. The molecule has 0 radical (unpaired) electrons. The third-order valence-electron chi connectivity index (χ3n) is 5.63. The Hall–Kier alpha value is -2.54. The Kier molecular flexibility index (Phi) is 6.37. The number of carbonyl (C=O) groups excluding carboxylic acids is 1. The Morgan fingerprint density at radius 1 is 1.19 bits per heavy atom. The van der Waals surface area contributed by atoms with E-state index < -0.39 is 16.1 Å². The molecule has 0 bridgehead atoms. The van der Waals surface area contributed by atoms with Crippen molar-refractivity contribution < 1.29 is 17.9 Å². The van der Waals surface area contributed by atoms with Crippen molar-refractivity contribution in [3.63, 3.8) is 0 Å². The minimum atomic E-state index is -3.58. The van der Waals surface area contributed by atoms with E-state index in [0.717, 1.165) is 23.8 Å². The lowest BCUT2D eigenvalue weighted by Crippen LogP contribution is -2.50. The molecule has 0 spiro atoms. The average molecular weight is 445 g/mol. The molecule has 0 saturated heterocycles. The van der Waals surface area contributed by atoms with Crippen molar-refractivity contribution in [1.29, 1.82) is 0 Å². The van der Waals surface area contributed by atoms with Gasteiger partial charge in [0.2, 0.25) is 10.0 Å². The lowest BCUT2D eigenvalue weighted by Gasteiger charge is -2.35. The molecule has 0 aromatic heterocycles. The first-order valence-corrected chi connectivity index (χ1v) is 12.4. The van der Waals surface area contributed by atoms with Crippen molar-refractivity contribution in [3.8, 4) is 5.75 Å². The number of hydrogen-bond donors (Lipinski definition) is 1. The maximum atomic E-state index is 13.0. The van der Waals surface area contributed by atoms with Crippen molar-refractivity contribution in [2.45, 2.75) is 58.6 Å². The number of benzene rings is 2. The molecule has 0 unspecified atom stereocenters. The zero-order valence-corrected chi connectivity index (χ0v) is 19.9. The van der Waals surface area contributed by atoms with Gasteiger partial charge in [0, 0.05) is 0 Å². The quantitative estimate of drug-likeness (QED) is 0.758. The molecule has 1 N–H and O–H groups in total. The summed E-state index contributed by atoms with van der Waals surface area (Å²) < 4.78 is 32.3. The van der Waals surface area contributed by atoms with E-state index in [1.165, 1.54) is 9.87 Å². The number of nitrogens with one attached hydrogen (secondary N) is 1. The van der Waals surface area contributed by atoms with Crippen molar-refractivity contribution in [3.05, 3.63) is 59.2 Å². The highest BCUT2D eigenvalue weighted by molar-refractivity contribution is 7.92. The fraction of sp³-hybridized carbons (Fsp3) is 0.458. The second-order valence-electron chi connectivity index (χ2n) is 9.16. The highest BCUT2D eigenvalue weighted by Gasteiger charge is 2.36. The van der Waals surface area contributed by atoms with Crippen LogP contribution in [0.3, 0.4) is 0 Å². The summed E-state index contributed by atoms with van der Waals surface area (Å²) in [5.74, 6) is 0.0519. The first-order chi connectivity index (χ1) is 14.4. The van der Waals surface area contributed by atoms with E-state index in [1.54, 1.807) is 6.07 Å². The van der Waals surface area contributed by atoms with Gasteiger partial charge in [0.15, 0.2) is 6.10 Å². The van der Waals surface area contributed by atoms with Gasteiger partial charge in [0.25, 0.3) is 5.91 Å². The highest BCUT2D eigenvalue weighted by atomic mass is 32.2. The van der Waals surface area contributed by atoms with E-state index in [-0.39, 0.29) is 23.9 Å². The van der Waals surface area contributed by atoms with E-state index in [2.05, 4.69) is 33.0 Å². The van der Waals surface area contributed by atoms with E-state index in [0.29, 0.717) is 11.4 Å². The Morgan fingerprint density at radius 2 is 1.84 bits per heavy atom. The Morgan fingerprint density at radius 3 is 2.39 bits per heavy atom. The number of amides is 1. The van der Waals surface area contributed by atoms with Crippen molar-refractivity contribution >= 4 is 21.6 Å². The van der Waals surface area contributed by atoms with Crippen LogP contribution in [0, 0.1) is 0 Å². The number of anilines is 1. The number of rotatable bonds is 5. The molecule has 2 aromatic carbocycles. The third kappa shape index (κ3) is 5.21. The SMILES string of the molecule is CCc1ccc([C@@H](C)NC(=O)[C@@H]2CN(S(C)(=O)=O)c3cc(C(C)(C)C)ccc3O2)cc1. The number of hydrogen-bond acceptors (Lipinski definition) is 4. The van der Waals surface area contributed by atoms with Crippen molar-refractivity contribution in [2.75, 3.05) is 17.1 Å². The molecule has 6 nitrogen and oxygen atoms in total. The summed E-state index contributed by atoms with van der Waals surface area (Å²) in [5.41, 5.74) is 3.54. The molecule has 2 aromatic rings. The number of sulfonamides is 1. The van der Waals surface area contributed by atoms with Gasteiger partial charge in [-0.1, -0.05) is 58.0 Å². The van der Waals surface area contributed by atoms with Gasteiger partial charge in [-0.2, -0.15) is 0 Å². The molecule has 1 aliphatic heterocycles. The lowest BCUT2D eigenvalue weighted by molar-refractivity contribution is -0.128. The zero-order chi connectivity index (χ0) is 23.0. The van der Waals surface area contributed by atoms with E-state index >= 15 is 0 Å². The fourth-order valence-corrected chi connectivity index (χ4v) is 4.51. The Bertz CT molecular complexity index is 1060. The van der Waals surface area contributed by atoms with Crippen LogP contribution in [0.1, 0.15) is 57.4 Å².